The van der Waals surface area contributed by atoms with Crippen molar-refractivity contribution in [3.63, 3.8) is 0 Å². The largest absolute Gasteiger partial charge is 0.464 e. The zero-order chi connectivity index (χ0) is 12.3. The maximum atomic E-state index is 11.3. The molecule has 0 saturated heterocycles. The molecule has 0 aromatic carbocycles. The van der Waals surface area contributed by atoms with Crippen LogP contribution in [0.25, 0.3) is 6.08 Å². The summed E-state index contributed by atoms with van der Waals surface area (Å²) in [6.07, 6.45) is 1.72. The highest BCUT2D eigenvalue weighted by molar-refractivity contribution is 5.92. The van der Waals surface area contributed by atoms with Crippen molar-refractivity contribution in [1.82, 2.24) is 9.97 Å². The summed E-state index contributed by atoms with van der Waals surface area (Å²) in [7, 11) is 1.25. The van der Waals surface area contributed by atoms with E-state index in [4.69, 9.17) is 11.5 Å². The third-order valence-corrected chi connectivity index (χ3v) is 1.78. The molecule has 0 bridgehead atoms. The fraction of sp³-hybridized carbons (Fsp3) is 0.300. The molecule has 0 unspecified atom stereocenters. The number of ether oxygens (including phenoxy) is 1. The van der Waals surface area contributed by atoms with Crippen LogP contribution in [0.2, 0.25) is 0 Å². The van der Waals surface area contributed by atoms with Gasteiger partial charge in [0.15, 0.2) is 17.3 Å². The van der Waals surface area contributed by atoms with E-state index in [1.54, 1.807) is 6.08 Å². The van der Waals surface area contributed by atoms with Crippen molar-refractivity contribution in [1.29, 1.82) is 0 Å². The molecule has 16 heavy (non-hydrogen) atoms. The summed E-state index contributed by atoms with van der Waals surface area (Å²) in [5, 5.41) is 0. The van der Waals surface area contributed by atoms with E-state index in [1.807, 2.05) is 13.8 Å². The van der Waals surface area contributed by atoms with Gasteiger partial charge in [0.25, 0.3) is 0 Å². The van der Waals surface area contributed by atoms with Crippen LogP contribution in [0.4, 0.5) is 11.6 Å². The molecule has 0 fully saturated rings. The van der Waals surface area contributed by atoms with Crippen LogP contribution in [0.5, 0.6) is 0 Å². The number of aromatic nitrogens is 2. The molecule has 6 nitrogen and oxygen atoms in total. The van der Waals surface area contributed by atoms with Gasteiger partial charge in [0.2, 0.25) is 0 Å². The fourth-order valence-electron chi connectivity index (χ4n) is 1.10. The lowest BCUT2D eigenvalue weighted by Gasteiger charge is -2.06. The highest BCUT2D eigenvalue weighted by Crippen LogP contribution is 2.16. The second-order valence-electron chi connectivity index (χ2n) is 3.44. The van der Waals surface area contributed by atoms with Crippen molar-refractivity contribution in [2.45, 2.75) is 13.8 Å². The van der Waals surface area contributed by atoms with Gasteiger partial charge < -0.3 is 16.2 Å². The third kappa shape index (κ3) is 2.47. The molecular weight excluding hydrogens is 208 g/mol. The molecular formula is C10H14N4O2. The Labute approximate surface area is 93.3 Å². The molecule has 6 heteroatoms. The predicted molar refractivity (Wildman–Crippen MR) is 61.5 cm³/mol. The molecule has 86 valence electrons. The lowest BCUT2D eigenvalue weighted by Crippen LogP contribution is -2.13. The summed E-state index contributed by atoms with van der Waals surface area (Å²) in [4.78, 5) is 19.2. The number of allylic oxidation sites excluding steroid dienone is 1. The molecule has 1 heterocycles. The summed E-state index contributed by atoms with van der Waals surface area (Å²) in [5.74, 6) is -0.477. The molecule has 0 radical (unpaired) electrons. The van der Waals surface area contributed by atoms with Crippen molar-refractivity contribution in [2.75, 3.05) is 18.6 Å². The zero-order valence-corrected chi connectivity index (χ0v) is 9.44. The van der Waals surface area contributed by atoms with Crippen LogP contribution in [0.1, 0.15) is 30.0 Å². The Morgan fingerprint density at radius 1 is 1.25 bits per heavy atom. The summed E-state index contributed by atoms with van der Waals surface area (Å²) >= 11 is 0. The average Bonchev–Trinajstić information content (AvgIpc) is 2.20. The number of hydrogen-bond acceptors (Lipinski definition) is 6. The van der Waals surface area contributed by atoms with Gasteiger partial charge in [-0.1, -0.05) is 5.57 Å². The Balaban J connectivity index is 3.32. The predicted octanol–water partition coefficient (Wildman–Crippen LogP) is 0.851. The number of rotatable bonds is 2. The molecule has 0 aliphatic heterocycles. The average molecular weight is 222 g/mol. The number of esters is 1. The Hall–Kier alpha value is -2.11. The van der Waals surface area contributed by atoms with Crippen LogP contribution < -0.4 is 11.5 Å². The molecule has 1 aromatic heterocycles. The van der Waals surface area contributed by atoms with Crippen molar-refractivity contribution < 1.29 is 9.53 Å². The van der Waals surface area contributed by atoms with Gasteiger partial charge in [-0.05, 0) is 19.9 Å². The van der Waals surface area contributed by atoms with Gasteiger partial charge in [0, 0.05) is 0 Å². The maximum absolute atomic E-state index is 11.3. The number of nitrogens with two attached hydrogens (primary N) is 2. The van der Waals surface area contributed by atoms with Gasteiger partial charge in [-0.25, -0.2) is 14.8 Å². The van der Waals surface area contributed by atoms with E-state index in [0.29, 0.717) is 5.69 Å². The molecule has 0 aliphatic carbocycles. The summed E-state index contributed by atoms with van der Waals surface area (Å²) in [6, 6.07) is 0. The first-order valence-corrected chi connectivity index (χ1v) is 4.62. The van der Waals surface area contributed by atoms with Crippen LogP contribution in [-0.4, -0.2) is 23.0 Å². The van der Waals surface area contributed by atoms with Crippen molar-refractivity contribution in [3.05, 3.63) is 17.0 Å². The number of nitrogen functional groups attached to an aromatic ring is 2. The molecule has 0 saturated carbocycles. The SMILES string of the molecule is COC(=O)c1nc(C=C(C)C)c(N)nc1N. The molecule has 0 atom stereocenters. The van der Waals surface area contributed by atoms with Gasteiger partial charge in [-0.15, -0.1) is 0 Å². The second kappa shape index (κ2) is 4.61. The van der Waals surface area contributed by atoms with E-state index in [0.717, 1.165) is 5.57 Å². The minimum Gasteiger partial charge on any atom is -0.464 e. The van der Waals surface area contributed by atoms with Gasteiger partial charge >= 0.3 is 5.97 Å². The first kappa shape index (κ1) is 12.0. The number of hydrogen-bond donors (Lipinski definition) is 2. The highest BCUT2D eigenvalue weighted by atomic mass is 16.5. The normalized spacial score (nSPS) is 9.69. The Bertz CT molecular complexity index is 450. The van der Waals surface area contributed by atoms with E-state index in [2.05, 4.69) is 14.7 Å². The standard InChI is InChI=1S/C10H14N4O2/c1-5(2)4-6-8(11)14-9(12)7(13-6)10(15)16-3/h4H,1-3H3,(H4,11,12,14). The van der Waals surface area contributed by atoms with E-state index in [9.17, 15) is 4.79 Å². The number of anilines is 2. The molecule has 0 aliphatic rings. The second-order valence-corrected chi connectivity index (χ2v) is 3.44. The molecule has 1 rings (SSSR count). The molecule has 0 amide bonds. The van der Waals surface area contributed by atoms with Crippen molar-refractivity contribution >= 4 is 23.7 Å². The maximum Gasteiger partial charge on any atom is 0.360 e. The Morgan fingerprint density at radius 2 is 1.88 bits per heavy atom. The lowest BCUT2D eigenvalue weighted by molar-refractivity contribution is 0.0595. The van der Waals surface area contributed by atoms with Crippen LogP contribution in [0.3, 0.4) is 0 Å². The van der Waals surface area contributed by atoms with Gasteiger partial charge in [0.1, 0.15) is 5.69 Å². The number of methoxy groups -OCH3 is 1. The van der Waals surface area contributed by atoms with E-state index in [1.165, 1.54) is 7.11 Å². The number of carbonyl (C=O) groups is 1. The number of carbonyl (C=O) groups excluding carboxylic acids is 1. The quantitative estimate of drug-likeness (QED) is 0.719. The van der Waals surface area contributed by atoms with Crippen molar-refractivity contribution in [3.8, 4) is 0 Å². The van der Waals surface area contributed by atoms with Gasteiger partial charge in [0.05, 0.1) is 7.11 Å². The highest BCUT2D eigenvalue weighted by Gasteiger charge is 2.15. The monoisotopic (exact) mass is 222 g/mol. The molecule has 4 N–H and O–H groups in total. The van der Waals surface area contributed by atoms with Gasteiger partial charge in [-0.3, -0.25) is 0 Å². The first-order chi connectivity index (χ1) is 7.45. The summed E-state index contributed by atoms with van der Waals surface area (Å²) in [6.45, 7) is 3.77. The topological polar surface area (TPSA) is 104 Å². The van der Waals surface area contributed by atoms with E-state index >= 15 is 0 Å². The van der Waals surface area contributed by atoms with Crippen LogP contribution in [-0.2, 0) is 4.74 Å². The lowest BCUT2D eigenvalue weighted by atomic mass is 10.2. The summed E-state index contributed by atoms with van der Waals surface area (Å²) < 4.78 is 4.53. The minimum atomic E-state index is -0.631. The van der Waals surface area contributed by atoms with Crippen molar-refractivity contribution in [2.24, 2.45) is 0 Å². The minimum absolute atomic E-state index is 0.0239. The van der Waals surface area contributed by atoms with E-state index < -0.39 is 5.97 Å². The zero-order valence-electron chi connectivity index (χ0n) is 9.44. The Morgan fingerprint density at radius 3 is 2.38 bits per heavy atom. The number of nitrogens with zero attached hydrogens (tertiary/aromatic N) is 2. The third-order valence-electron chi connectivity index (χ3n) is 1.78. The van der Waals surface area contributed by atoms with Crippen LogP contribution in [0, 0.1) is 0 Å². The molecule has 0 spiro atoms. The smallest absolute Gasteiger partial charge is 0.360 e. The van der Waals surface area contributed by atoms with Crippen LogP contribution >= 0.6 is 0 Å². The van der Waals surface area contributed by atoms with E-state index in [-0.39, 0.29) is 17.3 Å². The first-order valence-electron chi connectivity index (χ1n) is 4.62. The van der Waals surface area contributed by atoms with Crippen LogP contribution in [0.15, 0.2) is 5.57 Å². The summed E-state index contributed by atoms with van der Waals surface area (Å²) in [5.41, 5.74) is 12.5. The Kier molecular flexibility index (Phi) is 3.44. The van der Waals surface area contributed by atoms with Gasteiger partial charge in [-0.2, -0.15) is 0 Å². The fourth-order valence-corrected chi connectivity index (χ4v) is 1.10. The molecule has 1 aromatic rings.